The molecule has 1 aromatic carbocycles. The summed E-state index contributed by atoms with van der Waals surface area (Å²) in [4.78, 5) is 0. The van der Waals surface area contributed by atoms with Crippen molar-refractivity contribution in [2.45, 2.75) is 19.8 Å². The number of aryl methyl sites for hydroxylation is 1. The molecule has 0 heterocycles. The molecule has 1 N–H and O–H groups in total. The van der Waals surface area contributed by atoms with Gasteiger partial charge in [-0.15, -0.1) is 12.3 Å². The molecule has 0 spiro atoms. The van der Waals surface area contributed by atoms with E-state index < -0.39 is 0 Å². The number of ether oxygens (including phenoxy) is 1. The largest absolute Gasteiger partial charge is 0.508 e. The first-order valence-corrected chi connectivity index (χ1v) is 4.59. The molecule has 1 rings (SSSR count). The smallest absolute Gasteiger partial charge is 0.123 e. The number of rotatable bonds is 4. The molecule has 0 radical (unpaired) electrons. The van der Waals surface area contributed by atoms with Crippen LogP contribution in [0.5, 0.6) is 11.5 Å². The highest BCUT2D eigenvalue weighted by molar-refractivity contribution is 5.36. The molecule has 1 aromatic rings. The lowest BCUT2D eigenvalue weighted by Crippen LogP contribution is -1.96. The highest BCUT2D eigenvalue weighted by Gasteiger charge is 1.97. The van der Waals surface area contributed by atoms with E-state index in [0.29, 0.717) is 12.4 Å². The number of unbranched alkanes of at least 4 members (excludes halogenated alkanes) is 1. The number of phenolic OH excluding ortho intramolecular Hbond substituents is 1. The van der Waals surface area contributed by atoms with E-state index in [9.17, 15) is 5.11 Å². The minimum Gasteiger partial charge on any atom is -0.508 e. The van der Waals surface area contributed by atoms with Crippen molar-refractivity contribution in [1.29, 1.82) is 0 Å². The van der Waals surface area contributed by atoms with Crippen LogP contribution in [0.15, 0.2) is 18.2 Å². The van der Waals surface area contributed by atoms with Crippen LogP contribution in [0.4, 0.5) is 0 Å². The average Bonchev–Trinajstić information content (AvgIpc) is 2.11. The lowest BCUT2D eigenvalue weighted by Gasteiger charge is -2.06. The van der Waals surface area contributed by atoms with Gasteiger partial charge in [-0.1, -0.05) is 0 Å². The Morgan fingerprint density at radius 2 is 2.21 bits per heavy atom. The molecule has 0 amide bonds. The summed E-state index contributed by atoms with van der Waals surface area (Å²) in [6, 6.07) is 5.17. The van der Waals surface area contributed by atoms with Gasteiger partial charge in [-0.05, 0) is 31.0 Å². The van der Waals surface area contributed by atoms with E-state index in [-0.39, 0.29) is 5.75 Å². The second kappa shape index (κ2) is 5.18. The van der Waals surface area contributed by atoms with Gasteiger partial charge in [0.1, 0.15) is 11.5 Å². The molecule has 0 aliphatic rings. The lowest BCUT2D eigenvalue weighted by atomic mass is 10.2. The summed E-state index contributed by atoms with van der Waals surface area (Å²) in [6.45, 7) is 2.50. The number of aromatic hydroxyl groups is 1. The molecular weight excluding hydrogens is 176 g/mol. The predicted molar refractivity (Wildman–Crippen MR) is 56.4 cm³/mol. The monoisotopic (exact) mass is 190 g/mol. The Morgan fingerprint density at radius 3 is 2.86 bits per heavy atom. The lowest BCUT2D eigenvalue weighted by molar-refractivity contribution is 0.311. The normalized spacial score (nSPS) is 9.43. The summed E-state index contributed by atoms with van der Waals surface area (Å²) in [5.74, 6) is 3.47. The fourth-order valence-corrected chi connectivity index (χ4v) is 1.18. The fourth-order valence-electron chi connectivity index (χ4n) is 1.18. The minimum atomic E-state index is 0.233. The van der Waals surface area contributed by atoms with E-state index in [1.165, 1.54) is 0 Å². The van der Waals surface area contributed by atoms with Crippen molar-refractivity contribution in [1.82, 2.24) is 0 Å². The van der Waals surface area contributed by atoms with Crippen LogP contribution in [-0.2, 0) is 0 Å². The molecule has 0 saturated carbocycles. The summed E-state index contributed by atoms with van der Waals surface area (Å²) in [5.41, 5.74) is 0.983. The van der Waals surface area contributed by atoms with E-state index in [1.54, 1.807) is 12.1 Å². The molecular formula is C12H14O2. The van der Waals surface area contributed by atoms with Crippen LogP contribution in [0.2, 0.25) is 0 Å². The van der Waals surface area contributed by atoms with Crippen molar-refractivity contribution in [2.24, 2.45) is 0 Å². The molecule has 2 nitrogen and oxygen atoms in total. The molecule has 0 aliphatic heterocycles. The Morgan fingerprint density at radius 1 is 1.43 bits per heavy atom. The van der Waals surface area contributed by atoms with Gasteiger partial charge in [0, 0.05) is 12.5 Å². The summed E-state index contributed by atoms with van der Waals surface area (Å²) >= 11 is 0. The van der Waals surface area contributed by atoms with Crippen LogP contribution in [0.25, 0.3) is 0 Å². The Balaban J connectivity index is 2.47. The van der Waals surface area contributed by atoms with Gasteiger partial charge in [0.25, 0.3) is 0 Å². The van der Waals surface area contributed by atoms with Gasteiger partial charge in [-0.2, -0.15) is 0 Å². The maximum absolute atomic E-state index is 9.28. The zero-order chi connectivity index (χ0) is 10.4. The number of terminal acetylenes is 1. The van der Waals surface area contributed by atoms with Crippen molar-refractivity contribution in [3.05, 3.63) is 23.8 Å². The molecule has 2 heteroatoms. The summed E-state index contributed by atoms with van der Waals surface area (Å²) in [6.07, 6.45) is 6.67. The second-order valence-electron chi connectivity index (χ2n) is 3.16. The van der Waals surface area contributed by atoms with Gasteiger partial charge in [-0.3, -0.25) is 0 Å². The molecule has 0 unspecified atom stereocenters. The first-order valence-electron chi connectivity index (χ1n) is 4.59. The maximum atomic E-state index is 9.28. The summed E-state index contributed by atoms with van der Waals surface area (Å²) in [5, 5.41) is 9.28. The highest BCUT2D eigenvalue weighted by Crippen LogP contribution is 2.21. The van der Waals surface area contributed by atoms with Crippen molar-refractivity contribution in [3.8, 4) is 23.8 Å². The van der Waals surface area contributed by atoms with Crippen molar-refractivity contribution in [3.63, 3.8) is 0 Å². The molecule has 74 valence electrons. The zero-order valence-electron chi connectivity index (χ0n) is 8.29. The Labute approximate surface area is 84.5 Å². The third kappa shape index (κ3) is 3.40. The number of benzene rings is 1. The third-order valence-electron chi connectivity index (χ3n) is 1.77. The molecule has 0 fully saturated rings. The molecule has 0 aromatic heterocycles. The number of phenols is 1. The van der Waals surface area contributed by atoms with Gasteiger partial charge >= 0.3 is 0 Å². The maximum Gasteiger partial charge on any atom is 0.123 e. The molecule has 14 heavy (non-hydrogen) atoms. The quantitative estimate of drug-likeness (QED) is 0.584. The van der Waals surface area contributed by atoms with E-state index >= 15 is 0 Å². The predicted octanol–water partition coefficient (Wildman–Crippen LogP) is 2.49. The van der Waals surface area contributed by atoms with Crippen LogP contribution in [0.1, 0.15) is 18.4 Å². The zero-order valence-corrected chi connectivity index (χ0v) is 8.29. The van der Waals surface area contributed by atoms with Crippen molar-refractivity contribution < 1.29 is 9.84 Å². The fraction of sp³-hybridized carbons (Fsp3) is 0.333. The minimum absolute atomic E-state index is 0.233. The number of hydrogen-bond acceptors (Lipinski definition) is 2. The first kappa shape index (κ1) is 10.5. The first-order chi connectivity index (χ1) is 6.72. The van der Waals surface area contributed by atoms with Crippen LogP contribution >= 0.6 is 0 Å². The summed E-state index contributed by atoms with van der Waals surface area (Å²) < 4.78 is 5.41. The van der Waals surface area contributed by atoms with Crippen LogP contribution in [-0.4, -0.2) is 11.7 Å². The molecule has 0 atom stereocenters. The average molecular weight is 190 g/mol. The van der Waals surface area contributed by atoms with Gasteiger partial charge < -0.3 is 9.84 Å². The van der Waals surface area contributed by atoms with E-state index in [4.69, 9.17) is 11.2 Å². The van der Waals surface area contributed by atoms with Crippen molar-refractivity contribution in [2.75, 3.05) is 6.61 Å². The Kier molecular flexibility index (Phi) is 3.87. The Bertz CT molecular complexity index is 316. The topological polar surface area (TPSA) is 29.5 Å². The molecule has 0 bridgehead atoms. The second-order valence-corrected chi connectivity index (χ2v) is 3.16. The highest BCUT2D eigenvalue weighted by atomic mass is 16.5. The number of hydrogen-bond donors (Lipinski definition) is 1. The van der Waals surface area contributed by atoms with Crippen LogP contribution in [0.3, 0.4) is 0 Å². The van der Waals surface area contributed by atoms with Gasteiger partial charge in [-0.25, -0.2) is 0 Å². The molecule has 0 aliphatic carbocycles. The van der Waals surface area contributed by atoms with E-state index in [1.807, 2.05) is 13.0 Å². The SMILES string of the molecule is C#CCCCOc1cc(C)cc(O)c1. The van der Waals surface area contributed by atoms with Gasteiger partial charge in [0.2, 0.25) is 0 Å². The van der Waals surface area contributed by atoms with Crippen LogP contribution in [0, 0.1) is 19.3 Å². The van der Waals surface area contributed by atoms with Gasteiger partial charge in [0.05, 0.1) is 6.61 Å². The van der Waals surface area contributed by atoms with Gasteiger partial charge in [0.15, 0.2) is 0 Å². The van der Waals surface area contributed by atoms with E-state index in [2.05, 4.69) is 5.92 Å². The van der Waals surface area contributed by atoms with Crippen LogP contribution < -0.4 is 4.74 Å². The summed E-state index contributed by atoms with van der Waals surface area (Å²) in [7, 11) is 0. The Hall–Kier alpha value is -1.62. The third-order valence-corrected chi connectivity index (χ3v) is 1.77. The van der Waals surface area contributed by atoms with E-state index in [0.717, 1.165) is 18.4 Å². The molecule has 0 saturated heterocycles. The van der Waals surface area contributed by atoms with Crippen molar-refractivity contribution >= 4 is 0 Å². The standard InChI is InChI=1S/C12H14O2/c1-3-4-5-6-14-12-8-10(2)7-11(13)9-12/h1,7-9,13H,4-6H2,2H3.